The molecule has 0 aliphatic rings. The number of rotatable bonds is 3. The van der Waals surface area contributed by atoms with Gasteiger partial charge in [-0.2, -0.15) is 10.4 Å². The lowest BCUT2D eigenvalue weighted by molar-refractivity contribution is 0.857. The molecule has 0 bridgehead atoms. The quantitative estimate of drug-likeness (QED) is 0.559. The molecule has 2 heterocycles. The fraction of sp³-hybridized carbons (Fsp3) is 0. The van der Waals surface area contributed by atoms with Crippen LogP contribution in [0, 0.1) is 11.3 Å². The Balaban J connectivity index is 1.87. The van der Waals surface area contributed by atoms with Crippen molar-refractivity contribution in [1.29, 1.82) is 5.26 Å². The van der Waals surface area contributed by atoms with Crippen LogP contribution in [0.5, 0.6) is 0 Å². The van der Waals surface area contributed by atoms with Crippen LogP contribution in [0.25, 0.3) is 28.3 Å². The maximum absolute atomic E-state index is 8.97. The van der Waals surface area contributed by atoms with E-state index < -0.39 is 0 Å². The lowest BCUT2D eigenvalue weighted by Crippen LogP contribution is -2.01. The van der Waals surface area contributed by atoms with Crippen molar-refractivity contribution in [2.24, 2.45) is 0 Å². The second-order valence-electron chi connectivity index (χ2n) is 5.57. The average molecular weight is 322 g/mol. The van der Waals surface area contributed by atoms with Gasteiger partial charge >= 0.3 is 0 Å². The first kappa shape index (κ1) is 14.9. The highest BCUT2D eigenvalue weighted by atomic mass is 15.3. The molecule has 0 saturated heterocycles. The monoisotopic (exact) mass is 322 g/mol. The number of nitrogens with zero attached hydrogens (tertiary/aromatic N) is 4. The molecule has 2 aromatic heterocycles. The van der Waals surface area contributed by atoms with Gasteiger partial charge in [0.05, 0.1) is 23.0 Å². The molecule has 0 amide bonds. The normalized spacial score (nSPS) is 10.4. The molecule has 0 N–H and O–H groups in total. The molecule has 0 aliphatic carbocycles. The summed E-state index contributed by atoms with van der Waals surface area (Å²) in [5, 5.41) is 13.7. The molecule has 0 saturated carbocycles. The summed E-state index contributed by atoms with van der Waals surface area (Å²) in [6, 6.07) is 27.5. The van der Waals surface area contributed by atoms with Gasteiger partial charge in [-0.1, -0.05) is 48.5 Å². The van der Waals surface area contributed by atoms with Gasteiger partial charge in [0.25, 0.3) is 0 Å². The highest BCUT2D eigenvalue weighted by Crippen LogP contribution is 2.28. The number of benzene rings is 2. The van der Waals surface area contributed by atoms with Crippen LogP contribution >= 0.6 is 0 Å². The zero-order valence-electron chi connectivity index (χ0n) is 13.4. The maximum Gasteiger partial charge on any atom is 0.153 e. The number of aromatic nitrogens is 3. The van der Waals surface area contributed by atoms with E-state index in [4.69, 9.17) is 10.4 Å². The molecular formula is C21H14N4. The van der Waals surface area contributed by atoms with Crippen molar-refractivity contribution in [3.05, 3.63) is 90.6 Å². The third-order valence-electron chi connectivity index (χ3n) is 3.95. The van der Waals surface area contributed by atoms with E-state index in [9.17, 15) is 0 Å². The molecule has 0 fully saturated rings. The van der Waals surface area contributed by atoms with E-state index in [1.807, 2.05) is 59.3 Å². The molecule has 0 unspecified atom stereocenters. The molecule has 0 aliphatic heterocycles. The lowest BCUT2D eigenvalue weighted by atomic mass is 10.1. The highest BCUT2D eigenvalue weighted by Gasteiger charge is 2.13. The Morgan fingerprint density at radius 1 is 0.800 bits per heavy atom. The Bertz CT molecular complexity index is 970. The zero-order valence-corrected chi connectivity index (χ0v) is 13.4. The van der Waals surface area contributed by atoms with Crippen molar-refractivity contribution in [2.75, 3.05) is 0 Å². The van der Waals surface area contributed by atoms with Crippen molar-refractivity contribution in [2.45, 2.75) is 0 Å². The van der Waals surface area contributed by atoms with Crippen molar-refractivity contribution in [1.82, 2.24) is 14.8 Å². The minimum atomic E-state index is 0.635. The predicted molar refractivity (Wildman–Crippen MR) is 96.9 cm³/mol. The third-order valence-corrected chi connectivity index (χ3v) is 3.95. The first-order chi connectivity index (χ1) is 12.3. The first-order valence-electron chi connectivity index (χ1n) is 7.92. The zero-order chi connectivity index (χ0) is 17.1. The van der Waals surface area contributed by atoms with E-state index in [1.54, 1.807) is 18.3 Å². The summed E-state index contributed by atoms with van der Waals surface area (Å²) in [5.41, 5.74) is 4.48. The van der Waals surface area contributed by atoms with Crippen molar-refractivity contribution >= 4 is 0 Å². The van der Waals surface area contributed by atoms with Crippen molar-refractivity contribution in [3.8, 4) is 34.4 Å². The summed E-state index contributed by atoms with van der Waals surface area (Å²) < 4.78 is 1.85. The molecule has 25 heavy (non-hydrogen) atoms. The summed E-state index contributed by atoms with van der Waals surface area (Å²) in [6.07, 6.45) is 1.76. The van der Waals surface area contributed by atoms with Gasteiger partial charge in [0.15, 0.2) is 5.82 Å². The molecule has 4 heteroatoms. The summed E-state index contributed by atoms with van der Waals surface area (Å²) >= 11 is 0. The Morgan fingerprint density at radius 2 is 1.56 bits per heavy atom. The standard InChI is InChI=1S/C21H14N4/c22-15-16-9-11-17(12-10-16)19-14-20(18-6-2-1-3-7-18)25(24-19)21-8-4-5-13-23-21/h1-14H. The van der Waals surface area contributed by atoms with Gasteiger partial charge < -0.3 is 0 Å². The number of hydrogen-bond acceptors (Lipinski definition) is 3. The smallest absolute Gasteiger partial charge is 0.153 e. The Hall–Kier alpha value is -3.71. The molecule has 4 rings (SSSR count). The minimum Gasteiger partial charge on any atom is -0.237 e. The summed E-state index contributed by atoms with van der Waals surface area (Å²) in [6.45, 7) is 0. The minimum absolute atomic E-state index is 0.635. The van der Waals surface area contributed by atoms with Crippen LogP contribution in [0.3, 0.4) is 0 Å². The third kappa shape index (κ3) is 2.91. The van der Waals surface area contributed by atoms with Gasteiger partial charge in [-0.3, -0.25) is 0 Å². The molecular weight excluding hydrogens is 308 g/mol. The first-order valence-corrected chi connectivity index (χ1v) is 7.92. The molecule has 0 spiro atoms. The van der Waals surface area contributed by atoms with Crippen LogP contribution in [0.1, 0.15) is 5.56 Å². The van der Waals surface area contributed by atoms with Crippen LogP contribution in [-0.4, -0.2) is 14.8 Å². The fourth-order valence-corrected chi connectivity index (χ4v) is 2.71. The van der Waals surface area contributed by atoms with Crippen molar-refractivity contribution in [3.63, 3.8) is 0 Å². The van der Waals surface area contributed by atoms with Gasteiger partial charge in [-0.05, 0) is 30.3 Å². The second kappa shape index (κ2) is 6.42. The van der Waals surface area contributed by atoms with Gasteiger partial charge in [0, 0.05) is 17.3 Å². The van der Waals surface area contributed by atoms with Gasteiger partial charge in [0.1, 0.15) is 0 Å². The molecule has 2 aromatic carbocycles. The Morgan fingerprint density at radius 3 is 2.24 bits per heavy atom. The van der Waals surface area contributed by atoms with E-state index in [0.29, 0.717) is 5.56 Å². The summed E-state index contributed by atoms with van der Waals surface area (Å²) in [7, 11) is 0. The van der Waals surface area contributed by atoms with Crippen LogP contribution in [0.15, 0.2) is 85.1 Å². The van der Waals surface area contributed by atoms with E-state index >= 15 is 0 Å². The van der Waals surface area contributed by atoms with E-state index in [1.165, 1.54) is 0 Å². The molecule has 118 valence electrons. The maximum atomic E-state index is 8.97. The van der Waals surface area contributed by atoms with Gasteiger partial charge in [0.2, 0.25) is 0 Å². The average Bonchev–Trinajstić information content (AvgIpc) is 3.15. The van der Waals surface area contributed by atoms with E-state index in [0.717, 1.165) is 28.3 Å². The van der Waals surface area contributed by atoms with Crippen LogP contribution in [0.2, 0.25) is 0 Å². The molecule has 4 nitrogen and oxygen atoms in total. The van der Waals surface area contributed by atoms with Crippen LogP contribution < -0.4 is 0 Å². The van der Waals surface area contributed by atoms with Crippen LogP contribution in [0.4, 0.5) is 0 Å². The number of pyridine rings is 1. The lowest BCUT2D eigenvalue weighted by Gasteiger charge is -2.06. The number of nitriles is 1. The molecule has 0 radical (unpaired) electrons. The largest absolute Gasteiger partial charge is 0.237 e. The Kier molecular flexibility index (Phi) is 3.82. The highest BCUT2D eigenvalue weighted by molar-refractivity contribution is 5.70. The Labute approximate surface area is 145 Å². The number of hydrogen-bond donors (Lipinski definition) is 0. The van der Waals surface area contributed by atoms with Gasteiger partial charge in [-0.15, -0.1) is 0 Å². The topological polar surface area (TPSA) is 54.5 Å². The van der Waals surface area contributed by atoms with E-state index in [2.05, 4.69) is 23.2 Å². The second-order valence-corrected chi connectivity index (χ2v) is 5.57. The van der Waals surface area contributed by atoms with Gasteiger partial charge in [-0.25, -0.2) is 9.67 Å². The molecule has 4 aromatic rings. The summed E-state index contributed by atoms with van der Waals surface area (Å²) in [5.74, 6) is 0.765. The predicted octanol–water partition coefficient (Wildman–Crippen LogP) is 4.47. The van der Waals surface area contributed by atoms with Crippen LogP contribution in [-0.2, 0) is 0 Å². The SMILES string of the molecule is N#Cc1ccc(-c2cc(-c3ccccc3)n(-c3ccccn3)n2)cc1. The van der Waals surface area contributed by atoms with Crippen molar-refractivity contribution < 1.29 is 0 Å². The van der Waals surface area contributed by atoms with E-state index in [-0.39, 0.29) is 0 Å². The summed E-state index contributed by atoms with van der Waals surface area (Å²) in [4.78, 5) is 4.43. The fourth-order valence-electron chi connectivity index (χ4n) is 2.71. The molecule has 0 atom stereocenters.